The molecular weight excluding hydrogens is 335 g/mol. The molecule has 0 atom stereocenters. The molecule has 0 saturated heterocycles. The summed E-state index contributed by atoms with van der Waals surface area (Å²) in [4.78, 5) is 13.2. The van der Waals surface area contributed by atoms with Crippen LogP contribution in [-0.2, 0) is 0 Å². The van der Waals surface area contributed by atoms with Gasteiger partial charge in [0.15, 0.2) is 0 Å². The van der Waals surface area contributed by atoms with Gasteiger partial charge in [-0.1, -0.05) is 35.8 Å². The maximum Gasteiger partial charge on any atom is 0.406 e. The molecule has 2 nitrogen and oxygen atoms in total. The predicted molar refractivity (Wildman–Crippen MR) is 75.7 cm³/mol. The van der Waals surface area contributed by atoms with Gasteiger partial charge in [0.25, 0.3) is 5.91 Å². The normalized spacial score (nSPS) is 11.8. The lowest BCUT2D eigenvalue weighted by atomic mass is 10.1. The van der Waals surface area contributed by atoms with Crippen molar-refractivity contribution in [2.75, 3.05) is 13.1 Å². The van der Waals surface area contributed by atoms with Gasteiger partial charge >= 0.3 is 6.18 Å². The second-order valence-corrected chi connectivity index (χ2v) is 5.96. The van der Waals surface area contributed by atoms with Crippen LogP contribution in [0.1, 0.15) is 29.8 Å². The molecule has 0 aliphatic carbocycles. The fraction of sp³-hybridized carbons (Fsp3) is 0.500. The minimum atomic E-state index is -4.40. The van der Waals surface area contributed by atoms with Crippen LogP contribution in [0.15, 0.2) is 22.7 Å². The largest absolute Gasteiger partial charge is 0.406 e. The van der Waals surface area contributed by atoms with Gasteiger partial charge in [-0.05, 0) is 30.5 Å². The highest BCUT2D eigenvalue weighted by molar-refractivity contribution is 9.10. The predicted octanol–water partition coefficient (Wildman–Crippen LogP) is 4.42. The molecule has 0 bridgehead atoms. The van der Waals surface area contributed by atoms with Crippen molar-refractivity contribution in [3.05, 3.63) is 33.8 Å². The van der Waals surface area contributed by atoms with Gasteiger partial charge in [0, 0.05) is 16.6 Å². The SMILES string of the molecule is Cc1c(Br)cccc1C(=O)N(CC(C)C)CC(F)(F)F. The highest BCUT2D eigenvalue weighted by atomic mass is 79.9. The molecule has 0 aromatic heterocycles. The average molecular weight is 352 g/mol. The van der Waals surface area contributed by atoms with E-state index in [0.717, 1.165) is 4.90 Å². The lowest BCUT2D eigenvalue weighted by Crippen LogP contribution is -2.41. The van der Waals surface area contributed by atoms with Crippen LogP contribution >= 0.6 is 15.9 Å². The van der Waals surface area contributed by atoms with Crippen LogP contribution in [0.2, 0.25) is 0 Å². The third-order valence-corrected chi connectivity index (χ3v) is 3.60. The molecule has 0 unspecified atom stereocenters. The van der Waals surface area contributed by atoms with Crippen LogP contribution in [0.5, 0.6) is 0 Å². The Balaban J connectivity index is 3.06. The second-order valence-electron chi connectivity index (χ2n) is 5.11. The molecule has 0 spiro atoms. The van der Waals surface area contributed by atoms with Gasteiger partial charge in [0.2, 0.25) is 0 Å². The Labute approximate surface area is 125 Å². The van der Waals surface area contributed by atoms with E-state index in [2.05, 4.69) is 15.9 Å². The Bertz CT molecular complexity index is 486. The number of hydrogen-bond donors (Lipinski definition) is 0. The Morgan fingerprint density at radius 1 is 1.35 bits per heavy atom. The van der Waals surface area contributed by atoms with E-state index in [-0.39, 0.29) is 12.5 Å². The van der Waals surface area contributed by atoms with Crippen molar-refractivity contribution in [1.82, 2.24) is 4.90 Å². The van der Waals surface area contributed by atoms with Crippen molar-refractivity contribution in [3.63, 3.8) is 0 Å². The Kier molecular flexibility index (Phi) is 5.62. The maximum absolute atomic E-state index is 12.6. The summed E-state index contributed by atoms with van der Waals surface area (Å²) in [6, 6.07) is 4.94. The molecule has 1 amide bonds. The van der Waals surface area contributed by atoms with Gasteiger partial charge < -0.3 is 4.90 Å². The van der Waals surface area contributed by atoms with Crippen molar-refractivity contribution >= 4 is 21.8 Å². The van der Waals surface area contributed by atoms with Crippen molar-refractivity contribution in [3.8, 4) is 0 Å². The first kappa shape index (κ1) is 17.0. The van der Waals surface area contributed by atoms with E-state index in [1.165, 1.54) is 0 Å². The number of carbonyl (C=O) groups is 1. The number of nitrogens with zero attached hydrogens (tertiary/aromatic N) is 1. The maximum atomic E-state index is 12.6. The van der Waals surface area contributed by atoms with Gasteiger partial charge in [-0.3, -0.25) is 4.79 Å². The summed E-state index contributed by atoms with van der Waals surface area (Å²) in [7, 11) is 0. The van der Waals surface area contributed by atoms with E-state index in [0.29, 0.717) is 15.6 Å². The molecule has 0 saturated carbocycles. The van der Waals surface area contributed by atoms with Crippen molar-refractivity contribution in [1.29, 1.82) is 0 Å². The van der Waals surface area contributed by atoms with Crippen LogP contribution < -0.4 is 0 Å². The van der Waals surface area contributed by atoms with Gasteiger partial charge in [-0.2, -0.15) is 13.2 Å². The Morgan fingerprint density at radius 2 is 1.95 bits per heavy atom. The third kappa shape index (κ3) is 4.81. The number of hydrogen-bond acceptors (Lipinski definition) is 1. The fourth-order valence-corrected chi connectivity index (χ4v) is 2.25. The average Bonchev–Trinajstić information content (AvgIpc) is 2.28. The number of rotatable bonds is 4. The van der Waals surface area contributed by atoms with Crippen molar-refractivity contribution < 1.29 is 18.0 Å². The molecule has 0 heterocycles. The Hall–Kier alpha value is -1.04. The molecule has 0 aliphatic heterocycles. The van der Waals surface area contributed by atoms with E-state index >= 15 is 0 Å². The minimum absolute atomic E-state index is 0.0336. The van der Waals surface area contributed by atoms with Gasteiger partial charge in [0.1, 0.15) is 6.54 Å². The highest BCUT2D eigenvalue weighted by Gasteiger charge is 2.34. The number of amides is 1. The molecule has 1 aromatic carbocycles. The van der Waals surface area contributed by atoms with Crippen LogP contribution in [0.4, 0.5) is 13.2 Å². The first-order valence-corrected chi connectivity index (χ1v) is 7.02. The number of benzene rings is 1. The minimum Gasteiger partial charge on any atom is -0.329 e. The fourth-order valence-electron chi connectivity index (χ4n) is 1.89. The summed E-state index contributed by atoms with van der Waals surface area (Å²) in [5.41, 5.74) is 0.942. The summed E-state index contributed by atoms with van der Waals surface area (Å²) in [6.07, 6.45) is -4.40. The van der Waals surface area contributed by atoms with Gasteiger partial charge in [-0.15, -0.1) is 0 Å². The molecule has 0 aliphatic rings. The number of carbonyl (C=O) groups excluding carboxylic acids is 1. The summed E-state index contributed by atoms with van der Waals surface area (Å²) in [5.74, 6) is -0.622. The zero-order chi connectivity index (χ0) is 15.5. The van der Waals surface area contributed by atoms with Crippen LogP contribution in [0, 0.1) is 12.8 Å². The molecule has 1 rings (SSSR count). The van der Waals surface area contributed by atoms with E-state index in [9.17, 15) is 18.0 Å². The summed E-state index contributed by atoms with van der Waals surface area (Å²) < 4.78 is 38.5. The number of halogens is 4. The molecule has 20 heavy (non-hydrogen) atoms. The molecule has 0 fully saturated rings. The molecule has 1 aromatic rings. The van der Waals surface area contributed by atoms with E-state index in [4.69, 9.17) is 0 Å². The summed E-state index contributed by atoms with van der Waals surface area (Å²) in [6.45, 7) is 4.12. The molecule has 0 N–H and O–H groups in total. The van der Waals surface area contributed by atoms with E-state index < -0.39 is 18.6 Å². The first-order chi connectivity index (χ1) is 9.11. The monoisotopic (exact) mass is 351 g/mol. The molecule has 112 valence electrons. The van der Waals surface area contributed by atoms with Crippen LogP contribution in [0.25, 0.3) is 0 Å². The van der Waals surface area contributed by atoms with Crippen LogP contribution in [-0.4, -0.2) is 30.1 Å². The topological polar surface area (TPSA) is 20.3 Å². The standard InChI is InChI=1S/C14H17BrF3NO/c1-9(2)7-19(8-14(16,17)18)13(20)11-5-4-6-12(15)10(11)3/h4-6,9H,7-8H2,1-3H3. The zero-order valence-corrected chi connectivity index (χ0v) is 13.2. The molecule has 0 radical (unpaired) electrons. The lowest BCUT2D eigenvalue weighted by molar-refractivity contribution is -0.141. The zero-order valence-electron chi connectivity index (χ0n) is 11.6. The molecular formula is C14H17BrF3NO. The molecule has 6 heteroatoms. The first-order valence-electron chi connectivity index (χ1n) is 6.23. The van der Waals surface area contributed by atoms with Gasteiger partial charge in [0.05, 0.1) is 0 Å². The van der Waals surface area contributed by atoms with Crippen molar-refractivity contribution in [2.45, 2.75) is 26.9 Å². The van der Waals surface area contributed by atoms with E-state index in [1.807, 2.05) is 0 Å². The lowest BCUT2D eigenvalue weighted by Gasteiger charge is -2.26. The van der Waals surface area contributed by atoms with Gasteiger partial charge in [-0.25, -0.2) is 0 Å². The second kappa shape index (κ2) is 6.61. The third-order valence-electron chi connectivity index (χ3n) is 2.74. The summed E-state index contributed by atoms with van der Waals surface area (Å²) >= 11 is 3.28. The number of alkyl halides is 3. The van der Waals surface area contributed by atoms with Crippen LogP contribution in [0.3, 0.4) is 0 Å². The quantitative estimate of drug-likeness (QED) is 0.786. The van der Waals surface area contributed by atoms with Crippen molar-refractivity contribution in [2.24, 2.45) is 5.92 Å². The Morgan fingerprint density at radius 3 is 2.45 bits per heavy atom. The highest BCUT2D eigenvalue weighted by Crippen LogP contribution is 2.23. The van der Waals surface area contributed by atoms with E-state index in [1.54, 1.807) is 39.0 Å². The summed E-state index contributed by atoms with van der Waals surface area (Å²) in [5, 5.41) is 0. The smallest absolute Gasteiger partial charge is 0.329 e.